The molecule has 0 rings (SSSR count). The van der Waals surface area contributed by atoms with E-state index in [1.165, 1.54) is 6.42 Å². The van der Waals surface area contributed by atoms with Gasteiger partial charge in [0.15, 0.2) is 0 Å². The molecule has 0 bridgehead atoms. The molecule has 0 aliphatic heterocycles. The van der Waals surface area contributed by atoms with E-state index in [9.17, 15) is 4.79 Å². The van der Waals surface area contributed by atoms with E-state index in [-0.39, 0.29) is 5.60 Å². The number of methoxy groups -OCH3 is 1. The van der Waals surface area contributed by atoms with Crippen LogP contribution in [0.25, 0.3) is 0 Å². The molecule has 0 aliphatic rings. The number of carbonyl (C=O) groups excluding carboxylic acids is 1. The third-order valence-electron chi connectivity index (χ3n) is 2.20. The zero-order valence-corrected chi connectivity index (χ0v) is 8.88. The second kappa shape index (κ2) is 6.84. The number of hydrogen-bond acceptors (Lipinski definition) is 2. The minimum atomic E-state index is -0.195. The third-order valence-corrected chi connectivity index (χ3v) is 2.20. The van der Waals surface area contributed by atoms with Crippen LogP contribution in [0.1, 0.15) is 39.5 Å². The number of unbranched alkanes of at least 4 members (excludes halogenated alkanes) is 1. The van der Waals surface area contributed by atoms with E-state index in [4.69, 9.17) is 4.74 Å². The summed E-state index contributed by atoms with van der Waals surface area (Å²) in [4.78, 5) is 10.1. The molecule has 0 aromatic rings. The first kappa shape index (κ1) is 12.4. The van der Waals surface area contributed by atoms with E-state index in [2.05, 4.69) is 6.92 Å². The Bertz CT molecular complexity index is 163. The number of carbonyl (C=O) groups is 1. The lowest BCUT2D eigenvalue weighted by molar-refractivity contribution is -0.107. The highest BCUT2D eigenvalue weighted by molar-refractivity contribution is 5.51. The van der Waals surface area contributed by atoms with Gasteiger partial charge in [0.2, 0.25) is 0 Å². The quantitative estimate of drug-likeness (QED) is 0.449. The predicted molar refractivity (Wildman–Crippen MR) is 54.8 cm³/mol. The highest BCUT2D eigenvalue weighted by Gasteiger charge is 2.17. The van der Waals surface area contributed by atoms with Crippen molar-refractivity contribution in [3.8, 4) is 0 Å². The molecule has 13 heavy (non-hydrogen) atoms. The van der Waals surface area contributed by atoms with Crippen molar-refractivity contribution in [2.45, 2.75) is 45.1 Å². The Labute approximate surface area is 81.0 Å². The second-order valence-electron chi connectivity index (χ2n) is 3.43. The molecule has 0 amide bonds. The molecular formula is C11H20O2. The number of hydrogen-bond donors (Lipinski definition) is 0. The van der Waals surface area contributed by atoms with Gasteiger partial charge < -0.3 is 9.53 Å². The lowest BCUT2D eigenvalue weighted by Gasteiger charge is -2.24. The Morgan fingerprint density at radius 1 is 1.46 bits per heavy atom. The molecule has 0 aromatic heterocycles. The monoisotopic (exact) mass is 184 g/mol. The van der Waals surface area contributed by atoms with Crippen molar-refractivity contribution in [3.05, 3.63) is 12.2 Å². The van der Waals surface area contributed by atoms with Gasteiger partial charge in [0.05, 0.1) is 5.60 Å². The Kier molecular flexibility index (Phi) is 6.51. The zero-order valence-electron chi connectivity index (χ0n) is 8.88. The van der Waals surface area contributed by atoms with Crippen LogP contribution in [-0.2, 0) is 9.53 Å². The highest BCUT2D eigenvalue weighted by atomic mass is 16.5. The van der Waals surface area contributed by atoms with Crippen molar-refractivity contribution in [1.82, 2.24) is 0 Å². The molecule has 0 aliphatic carbocycles. The van der Waals surface area contributed by atoms with Crippen LogP contribution in [-0.4, -0.2) is 19.0 Å². The van der Waals surface area contributed by atoms with Crippen molar-refractivity contribution in [1.29, 1.82) is 0 Å². The van der Waals surface area contributed by atoms with Gasteiger partial charge >= 0.3 is 0 Å². The molecule has 2 heteroatoms. The topological polar surface area (TPSA) is 26.3 Å². The van der Waals surface area contributed by atoms with E-state index in [0.29, 0.717) is 6.42 Å². The summed E-state index contributed by atoms with van der Waals surface area (Å²) in [6.45, 7) is 4.20. The largest absolute Gasteiger partial charge is 0.374 e. The SMILES string of the molecule is CCCCC(C)(/C=C/CC=O)OC. The summed E-state index contributed by atoms with van der Waals surface area (Å²) in [5.41, 5.74) is -0.195. The highest BCUT2D eigenvalue weighted by Crippen LogP contribution is 2.19. The van der Waals surface area contributed by atoms with Gasteiger partial charge in [-0.15, -0.1) is 0 Å². The van der Waals surface area contributed by atoms with Crippen LogP contribution in [0.2, 0.25) is 0 Å². The van der Waals surface area contributed by atoms with Crippen LogP contribution in [0.4, 0.5) is 0 Å². The van der Waals surface area contributed by atoms with Gasteiger partial charge in [0, 0.05) is 13.5 Å². The minimum Gasteiger partial charge on any atom is -0.374 e. The van der Waals surface area contributed by atoms with Crippen LogP contribution >= 0.6 is 0 Å². The van der Waals surface area contributed by atoms with Crippen molar-refractivity contribution < 1.29 is 9.53 Å². The van der Waals surface area contributed by atoms with E-state index in [1.54, 1.807) is 7.11 Å². The number of ether oxygens (including phenoxy) is 1. The zero-order chi connectivity index (χ0) is 10.2. The predicted octanol–water partition coefficient (Wildman–Crippen LogP) is 2.73. The summed E-state index contributed by atoms with van der Waals surface area (Å²) in [6.07, 6.45) is 8.55. The lowest BCUT2D eigenvalue weighted by atomic mass is 9.98. The molecule has 0 N–H and O–H groups in total. The fraction of sp³-hybridized carbons (Fsp3) is 0.727. The summed E-state index contributed by atoms with van der Waals surface area (Å²) in [5.74, 6) is 0. The van der Waals surface area contributed by atoms with E-state index in [0.717, 1.165) is 19.1 Å². The number of aldehydes is 1. The van der Waals surface area contributed by atoms with Crippen LogP contribution in [0, 0.1) is 0 Å². The number of allylic oxidation sites excluding steroid dienone is 1. The maximum absolute atomic E-state index is 10.1. The fourth-order valence-corrected chi connectivity index (χ4v) is 1.15. The average molecular weight is 184 g/mol. The smallest absolute Gasteiger partial charge is 0.123 e. The normalized spacial score (nSPS) is 15.9. The summed E-state index contributed by atoms with van der Waals surface area (Å²) in [5, 5.41) is 0. The lowest BCUT2D eigenvalue weighted by Crippen LogP contribution is -2.23. The van der Waals surface area contributed by atoms with E-state index < -0.39 is 0 Å². The molecule has 0 saturated heterocycles. The third kappa shape index (κ3) is 5.58. The molecule has 0 heterocycles. The summed E-state index contributed by atoms with van der Waals surface area (Å²) >= 11 is 0. The molecular weight excluding hydrogens is 164 g/mol. The maximum atomic E-state index is 10.1. The summed E-state index contributed by atoms with van der Waals surface area (Å²) in [6, 6.07) is 0. The maximum Gasteiger partial charge on any atom is 0.123 e. The molecule has 0 radical (unpaired) electrons. The van der Waals surface area contributed by atoms with Crippen LogP contribution in [0.5, 0.6) is 0 Å². The van der Waals surface area contributed by atoms with Gasteiger partial charge in [0.25, 0.3) is 0 Å². The molecule has 1 unspecified atom stereocenters. The van der Waals surface area contributed by atoms with Gasteiger partial charge in [-0.3, -0.25) is 0 Å². The van der Waals surface area contributed by atoms with Crippen molar-refractivity contribution in [2.24, 2.45) is 0 Å². The van der Waals surface area contributed by atoms with Crippen molar-refractivity contribution in [2.75, 3.05) is 7.11 Å². The molecule has 0 fully saturated rings. The average Bonchev–Trinajstić information content (AvgIpc) is 2.15. The van der Waals surface area contributed by atoms with Gasteiger partial charge in [-0.25, -0.2) is 0 Å². The van der Waals surface area contributed by atoms with Crippen molar-refractivity contribution >= 4 is 6.29 Å². The first-order valence-corrected chi connectivity index (χ1v) is 4.85. The Morgan fingerprint density at radius 2 is 2.15 bits per heavy atom. The van der Waals surface area contributed by atoms with E-state index in [1.807, 2.05) is 19.1 Å². The van der Waals surface area contributed by atoms with Crippen LogP contribution in [0.15, 0.2) is 12.2 Å². The summed E-state index contributed by atoms with van der Waals surface area (Å²) in [7, 11) is 1.71. The first-order chi connectivity index (χ1) is 6.18. The summed E-state index contributed by atoms with van der Waals surface area (Å²) < 4.78 is 5.38. The molecule has 0 saturated carbocycles. The Hall–Kier alpha value is -0.630. The van der Waals surface area contributed by atoms with Gasteiger partial charge in [0.1, 0.15) is 6.29 Å². The molecule has 0 spiro atoms. The van der Waals surface area contributed by atoms with Gasteiger partial charge in [-0.2, -0.15) is 0 Å². The standard InChI is InChI=1S/C11H20O2/c1-4-5-8-11(2,13-3)9-6-7-10-12/h6,9-10H,4-5,7-8H2,1-3H3/b9-6+. The number of rotatable bonds is 7. The Balaban J connectivity index is 4.01. The molecule has 0 aromatic carbocycles. The van der Waals surface area contributed by atoms with Gasteiger partial charge in [-0.1, -0.05) is 31.9 Å². The van der Waals surface area contributed by atoms with Crippen molar-refractivity contribution in [3.63, 3.8) is 0 Å². The van der Waals surface area contributed by atoms with Crippen LogP contribution in [0.3, 0.4) is 0 Å². The fourth-order valence-electron chi connectivity index (χ4n) is 1.15. The molecule has 1 atom stereocenters. The molecule has 76 valence electrons. The second-order valence-corrected chi connectivity index (χ2v) is 3.43. The van der Waals surface area contributed by atoms with E-state index >= 15 is 0 Å². The van der Waals surface area contributed by atoms with Gasteiger partial charge in [-0.05, 0) is 13.3 Å². The minimum absolute atomic E-state index is 0.195. The Morgan fingerprint density at radius 3 is 2.62 bits per heavy atom. The first-order valence-electron chi connectivity index (χ1n) is 4.85. The molecule has 2 nitrogen and oxygen atoms in total. The van der Waals surface area contributed by atoms with Crippen LogP contribution < -0.4 is 0 Å².